The number of carbonyl (C=O) groups is 1. The van der Waals surface area contributed by atoms with E-state index in [4.69, 9.17) is 23.2 Å². The number of aromatic nitrogens is 2. The van der Waals surface area contributed by atoms with Crippen LogP contribution in [0.5, 0.6) is 0 Å². The molecule has 1 saturated carbocycles. The molecule has 22 heavy (non-hydrogen) atoms. The number of anilines is 1. The van der Waals surface area contributed by atoms with Crippen LogP contribution in [0.25, 0.3) is 0 Å². The second-order valence-corrected chi connectivity index (χ2v) is 8.31. The summed E-state index contributed by atoms with van der Waals surface area (Å²) >= 11 is 15.0. The van der Waals surface area contributed by atoms with E-state index in [2.05, 4.69) is 22.4 Å². The first-order valence-electron chi connectivity index (χ1n) is 6.80. The predicted molar refractivity (Wildman–Crippen MR) is 92.2 cm³/mol. The minimum absolute atomic E-state index is 0.0229. The van der Waals surface area contributed by atoms with Crippen LogP contribution in [-0.4, -0.2) is 21.9 Å². The van der Waals surface area contributed by atoms with Crippen LogP contribution in [0.2, 0.25) is 10.0 Å². The van der Waals surface area contributed by atoms with Crippen LogP contribution in [0.1, 0.15) is 24.8 Å². The SMILES string of the molecule is CCSc1nnc(NC(=O)[C@@H]2C[C@H]2c2cc(Cl)cc(Cl)c2)s1. The topological polar surface area (TPSA) is 54.9 Å². The average Bonchev–Trinajstić information content (AvgIpc) is 3.14. The van der Waals surface area contributed by atoms with Gasteiger partial charge in [-0.1, -0.05) is 53.2 Å². The quantitative estimate of drug-likeness (QED) is 0.609. The predicted octanol–water partition coefficient (Wildman–Crippen LogP) is 4.70. The van der Waals surface area contributed by atoms with Gasteiger partial charge in [-0.3, -0.25) is 4.79 Å². The van der Waals surface area contributed by atoms with E-state index in [1.54, 1.807) is 17.8 Å². The van der Waals surface area contributed by atoms with Gasteiger partial charge in [-0.2, -0.15) is 0 Å². The molecule has 0 unspecified atom stereocenters. The Morgan fingerprint density at radius 3 is 2.77 bits per heavy atom. The lowest BCUT2D eigenvalue weighted by Crippen LogP contribution is -2.14. The second kappa shape index (κ2) is 6.74. The van der Waals surface area contributed by atoms with E-state index in [0.29, 0.717) is 15.2 Å². The largest absolute Gasteiger partial charge is 0.300 e. The minimum Gasteiger partial charge on any atom is -0.300 e. The summed E-state index contributed by atoms with van der Waals surface area (Å²) in [6, 6.07) is 5.43. The number of nitrogens with zero attached hydrogens (tertiary/aromatic N) is 2. The number of halogens is 2. The van der Waals surface area contributed by atoms with Crippen molar-refractivity contribution in [2.24, 2.45) is 5.92 Å². The van der Waals surface area contributed by atoms with E-state index in [9.17, 15) is 4.79 Å². The van der Waals surface area contributed by atoms with E-state index >= 15 is 0 Å². The van der Waals surface area contributed by atoms with Gasteiger partial charge in [0.1, 0.15) is 0 Å². The fourth-order valence-electron chi connectivity index (χ4n) is 2.28. The molecule has 1 fully saturated rings. The van der Waals surface area contributed by atoms with E-state index in [1.165, 1.54) is 11.3 Å². The number of hydrogen-bond acceptors (Lipinski definition) is 5. The fourth-order valence-corrected chi connectivity index (χ4v) is 4.48. The highest BCUT2D eigenvalue weighted by molar-refractivity contribution is 8.01. The van der Waals surface area contributed by atoms with Crippen molar-refractivity contribution in [1.82, 2.24) is 10.2 Å². The van der Waals surface area contributed by atoms with Gasteiger partial charge >= 0.3 is 0 Å². The van der Waals surface area contributed by atoms with Crippen LogP contribution in [0.3, 0.4) is 0 Å². The van der Waals surface area contributed by atoms with Crippen LogP contribution in [0, 0.1) is 5.92 Å². The Kier molecular flexibility index (Phi) is 4.92. The zero-order valence-electron chi connectivity index (χ0n) is 11.7. The van der Waals surface area contributed by atoms with E-state index in [1.807, 2.05) is 12.1 Å². The number of rotatable bonds is 5. The molecule has 4 nitrogen and oxygen atoms in total. The highest BCUT2D eigenvalue weighted by Gasteiger charge is 2.44. The van der Waals surface area contributed by atoms with Gasteiger partial charge in [0.15, 0.2) is 4.34 Å². The number of carbonyl (C=O) groups excluding carboxylic acids is 1. The van der Waals surface area contributed by atoms with Gasteiger partial charge in [-0.15, -0.1) is 10.2 Å². The van der Waals surface area contributed by atoms with E-state index in [-0.39, 0.29) is 17.7 Å². The monoisotopic (exact) mass is 373 g/mol. The molecule has 116 valence electrons. The molecule has 1 aliphatic carbocycles. The first-order chi connectivity index (χ1) is 10.6. The number of benzene rings is 1. The van der Waals surface area contributed by atoms with Crippen molar-refractivity contribution >= 4 is 57.3 Å². The Bertz CT molecular complexity index is 687. The van der Waals surface area contributed by atoms with Crippen molar-refractivity contribution in [3.8, 4) is 0 Å². The number of nitrogens with one attached hydrogen (secondary N) is 1. The van der Waals surface area contributed by atoms with Crippen molar-refractivity contribution in [2.75, 3.05) is 11.1 Å². The van der Waals surface area contributed by atoms with Gasteiger partial charge in [-0.25, -0.2) is 0 Å². The molecule has 1 heterocycles. The lowest BCUT2D eigenvalue weighted by molar-refractivity contribution is -0.117. The summed E-state index contributed by atoms with van der Waals surface area (Å²) in [5, 5.41) is 12.6. The van der Waals surface area contributed by atoms with Crippen LogP contribution in [-0.2, 0) is 4.79 Å². The number of amides is 1. The van der Waals surface area contributed by atoms with Crippen molar-refractivity contribution < 1.29 is 4.79 Å². The third-order valence-corrected chi connectivity index (χ3v) is 5.64. The highest BCUT2D eigenvalue weighted by atomic mass is 35.5. The third-order valence-electron chi connectivity index (χ3n) is 3.34. The lowest BCUT2D eigenvalue weighted by atomic mass is 10.1. The normalized spacial score (nSPS) is 20.0. The van der Waals surface area contributed by atoms with Gasteiger partial charge < -0.3 is 5.32 Å². The summed E-state index contributed by atoms with van der Waals surface area (Å²) in [6.07, 6.45) is 0.803. The summed E-state index contributed by atoms with van der Waals surface area (Å²) in [4.78, 5) is 12.3. The first kappa shape index (κ1) is 16.1. The molecule has 0 bridgehead atoms. The van der Waals surface area contributed by atoms with Crippen molar-refractivity contribution in [2.45, 2.75) is 23.6 Å². The summed E-state index contributed by atoms with van der Waals surface area (Å²) in [5.74, 6) is 1.03. The molecule has 0 spiro atoms. The Morgan fingerprint density at radius 1 is 1.36 bits per heavy atom. The molecule has 1 N–H and O–H groups in total. The van der Waals surface area contributed by atoms with Crippen LogP contribution in [0.15, 0.2) is 22.5 Å². The van der Waals surface area contributed by atoms with Crippen LogP contribution >= 0.6 is 46.3 Å². The Balaban J connectivity index is 1.62. The van der Waals surface area contributed by atoms with Gasteiger partial charge in [-0.05, 0) is 41.9 Å². The molecular weight excluding hydrogens is 361 g/mol. The molecule has 2 aromatic rings. The molecule has 0 saturated heterocycles. The summed E-state index contributed by atoms with van der Waals surface area (Å²) < 4.78 is 0.867. The average molecular weight is 374 g/mol. The van der Waals surface area contributed by atoms with Crippen molar-refractivity contribution in [3.05, 3.63) is 33.8 Å². The maximum atomic E-state index is 12.3. The maximum absolute atomic E-state index is 12.3. The smallest absolute Gasteiger partial charge is 0.229 e. The molecule has 3 rings (SSSR count). The number of hydrogen-bond donors (Lipinski definition) is 1. The molecule has 0 aliphatic heterocycles. The molecule has 1 amide bonds. The zero-order valence-corrected chi connectivity index (χ0v) is 14.8. The lowest BCUT2D eigenvalue weighted by Gasteiger charge is -2.03. The molecule has 2 atom stereocenters. The molecule has 0 radical (unpaired) electrons. The summed E-state index contributed by atoms with van der Waals surface area (Å²) in [6.45, 7) is 2.05. The summed E-state index contributed by atoms with van der Waals surface area (Å²) in [7, 11) is 0. The van der Waals surface area contributed by atoms with Crippen LogP contribution < -0.4 is 5.32 Å². The van der Waals surface area contributed by atoms with Gasteiger partial charge in [0, 0.05) is 16.0 Å². The first-order valence-corrected chi connectivity index (χ1v) is 9.35. The molecule has 8 heteroatoms. The Morgan fingerprint density at radius 2 is 2.09 bits per heavy atom. The maximum Gasteiger partial charge on any atom is 0.229 e. The van der Waals surface area contributed by atoms with Crippen LogP contribution in [0.4, 0.5) is 5.13 Å². The fraction of sp³-hybridized carbons (Fsp3) is 0.357. The molecular formula is C14H13Cl2N3OS2. The minimum atomic E-state index is -0.0549. The zero-order chi connectivity index (χ0) is 15.7. The molecule has 1 aromatic heterocycles. The molecule has 1 aromatic carbocycles. The third kappa shape index (κ3) is 3.74. The van der Waals surface area contributed by atoms with E-state index in [0.717, 1.165) is 22.1 Å². The van der Waals surface area contributed by atoms with Crippen molar-refractivity contribution in [1.29, 1.82) is 0 Å². The number of thioether (sulfide) groups is 1. The highest BCUT2D eigenvalue weighted by Crippen LogP contribution is 2.49. The van der Waals surface area contributed by atoms with Gasteiger partial charge in [0.25, 0.3) is 0 Å². The van der Waals surface area contributed by atoms with Gasteiger partial charge in [0.05, 0.1) is 0 Å². The second-order valence-electron chi connectivity index (χ2n) is 4.95. The standard InChI is InChI=1S/C14H13Cl2N3OS2/c1-2-21-14-19-18-13(22-14)17-12(20)11-6-10(11)7-3-8(15)5-9(16)4-7/h3-5,10-11H,2,6H2,1H3,(H,17,18,20)/t10-,11+/m0/s1. The van der Waals surface area contributed by atoms with E-state index < -0.39 is 0 Å². The Hall–Kier alpha value is -0.820. The Labute approximate surface area is 146 Å². The molecule has 1 aliphatic rings. The van der Waals surface area contributed by atoms with Gasteiger partial charge in [0.2, 0.25) is 11.0 Å². The summed E-state index contributed by atoms with van der Waals surface area (Å²) in [5.41, 5.74) is 1.01. The van der Waals surface area contributed by atoms with Crippen molar-refractivity contribution in [3.63, 3.8) is 0 Å².